The first-order chi connectivity index (χ1) is 13.4. The van der Waals surface area contributed by atoms with Gasteiger partial charge in [-0.15, -0.1) is 24.0 Å². The van der Waals surface area contributed by atoms with Crippen molar-refractivity contribution < 1.29 is 13.7 Å². The van der Waals surface area contributed by atoms with Gasteiger partial charge in [-0.1, -0.05) is 25.1 Å². The van der Waals surface area contributed by atoms with Crippen LogP contribution < -0.4 is 15.4 Å². The zero-order valence-electron chi connectivity index (χ0n) is 17.8. The summed E-state index contributed by atoms with van der Waals surface area (Å²) in [5, 5.41) is 10.6. The van der Waals surface area contributed by atoms with Gasteiger partial charge < -0.3 is 19.9 Å². The van der Waals surface area contributed by atoms with Crippen LogP contribution in [0, 0.1) is 19.7 Å². The second-order valence-corrected chi connectivity index (χ2v) is 6.84. The summed E-state index contributed by atoms with van der Waals surface area (Å²) < 4.78 is 24.5. The standard InChI is InChI=1S/C21H31FN4O2.HI/c1-6-18(27-19-10-8-9-17(22)11-19)13-25-21(23-7-2)24-12-14(3)20-15(4)26-28-16(20)5;/h8-11,14,18H,6-7,12-13H2,1-5H3,(H2,23,24,25);1H. The van der Waals surface area contributed by atoms with Gasteiger partial charge in [0.1, 0.15) is 23.4 Å². The van der Waals surface area contributed by atoms with Gasteiger partial charge in [-0.3, -0.25) is 4.99 Å². The summed E-state index contributed by atoms with van der Waals surface area (Å²) in [6.45, 7) is 12.0. The summed E-state index contributed by atoms with van der Waals surface area (Å²) in [5.74, 6) is 1.99. The predicted octanol–water partition coefficient (Wildman–Crippen LogP) is 4.56. The molecule has 2 N–H and O–H groups in total. The van der Waals surface area contributed by atoms with Crippen LogP contribution in [0.15, 0.2) is 33.8 Å². The zero-order chi connectivity index (χ0) is 20.5. The largest absolute Gasteiger partial charge is 0.489 e. The van der Waals surface area contributed by atoms with E-state index in [4.69, 9.17) is 9.26 Å². The molecule has 1 heterocycles. The van der Waals surface area contributed by atoms with Gasteiger partial charge in [0.2, 0.25) is 0 Å². The average Bonchev–Trinajstić information content (AvgIpc) is 3.01. The minimum Gasteiger partial charge on any atom is -0.489 e. The van der Waals surface area contributed by atoms with E-state index >= 15 is 0 Å². The highest BCUT2D eigenvalue weighted by molar-refractivity contribution is 14.0. The van der Waals surface area contributed by atoms with Gasteiger partial charge in [0, 0.05) is 30.6 Å². The Labute approximate surface area is 189 Å². The Balaban J connectivity index is 0.00000420. The predicted molar refractivity (Wildman–Crippen MR) is 125 cm³/mol. The van der Waals surface area contributed by atoms with E-state index < -0.39 is 0 Å². The SMILES string of the molecule is CCNC(=NCC(C)c1c(C)noc1C)NCC(CC)Oc1cccc(F)c1.I. The number of nitrogens with one attached hydrogen (secondary N) is 2. The molecule has 29 heavy (non-hydrogen) atoms. The maximum Gasteiger partial charge on any atom is 0.191 e. The van der Waals surface area contributed by atoms with Crippen molar-refractivity contribution in [2.45, 2.75) is 53.1 Å². The molecule has 0 aliphatic rings. The third-order valence-electron chi connectivity index (χ3n) is 4.50. The molecule has 0 radical (unpaired) electrons. The highest BCUT2D eigenvalue weighted by Gasteiger charge is 2.16. The van der Waals surface area contributed by atoms with Crippen LogP contribution in [0.3, 0.4) is 0 Å². The lowest BCUT2D eigenvalue weighted by Gasteiger charge is -2.20. The van der Waals surface area contributed by atoms with Crippen molar-refractivity contribution in [3.63, 3.8) is 0 Å². The number of nitrogens with zero attached hydrogens (tertiary/aromatic N) is 2. The topological polar surface area (TPSA) is 71.7 Å². The molecule has 0 aliphatic heterocycles. The minimum absolute atomic E-state index is 0. The summed E-state index contributed by atoms with van der Waals surface area (Å²) in [6.07, 6.45) is 0.698. The molecule has 8 heteroatoms. The number of aryl methyl sites for hydroxylation is 2. The third-order valence-corrected chi connectivity index (χ3v) is 4.50. The fourth-order valence-corrected chi connectivity index (χ4v) is 3.07. The van der Waals surface area contributed by atoms with Gasteiger partial charge in [0.25, 0.3) is 0 Å². The molecule has 0 saturated heterocycles. The number of halogens is 2. The first-order valence-corrected chi connectivity index (χ1v) is 9.81. The molecule has 2 atom stereocenters. The second-order valence-electron chi connectivity index (χ2n) is 6.84. The highest BCUT2D eigenvalue weighted by Crippen LogP contribution is 2.23. The lowest BCUT2D eigenvalue weighted by atomic mass is 10.00. The number of rotatable bonds is 9. The van der Waals surface area contributed by atoms with Crippen LogP contribution in [-0.2, 0) is 0 Å². The average molecular weight is 518 g/mol. The highest BCUT2D eigenvalue weighted by atomic mass is 127. The number of hydrogen-bond acceptors (Lipinski definition) is 4. The fourth-order valence-electron chi connectivity index (χ4n) is 3.07. The van der Waals surface area contributed by atoms with E-state index in [9.17, 15) is 4.39 Å². The van der Waals surface area contributed by atoms with Crippen LogP contribution in [0.4, 0.5) is 4.39 Å². The summed E-state index contributed by atoms with van der Waals surface area (Å²) in [6, 6.07) is 6.21. The number of hydrogen-bond donors (Lipinski definition) is 2. The Bertz CT molecular complexity index is 762. The van der Waals surface area contributed by atoms with Crippen molar-refractivity contribution in [3.05, 3.63) is 47.1 Å². The van der Waals surface area contributed by atoms with E-state index in [2.05, 4.69) is 27.7 Å². The van der Waals surface area contributed by atoms with Crippen LogP contribution >= 0.6 is 24.0 Å². The molecular weight excluding hydrogens is 486 g/mol. The molecule has 0 aliphatic carbocycles. The van der Waals surface area contributed by atoms with Crippen molar-refractivity contribution in [1.29, 1.82) is 0 Å². The van der Waals surface area contributed by atoms with Crippen LogP contribution in [0.1, 0.15) is 50.1 Å². The second kappa shape index (κ2) is 12.7. The van der Waals surface area contributed by atoms with Gasteiger partial charge >= 0.3 is 0 Å². The van der Waals surface area contributed by atoms with Crippen molar-refractivity contribution in [1.82, 2.24) is 15.8 Å². The first-order valence-electron chi connectivity index (χ1n) is 9.81. The maximum atomic E-state index is 13.3. The van der Waals surface area contributed by atoms with Gasteiger partial charge in [0.15, 0.2) is 5.96 Å². The molecule has 0 saturated carbocycles. The number of aromatic nitrogens is 1. The molecule has 162 valence electrons. The lowest BCUT2D eigenvalue weighted by molar-refractivity contribution is 0.198. The van der Waals surface area contributed by atoms with Gasteiger partial charge in [-0.25, -0.2) is 4.39 Å². The smallest absolute Gasteiger partial charge is 0.191 e. The van der Waals surface area contributed by atoms with E-state index in [1.165, 1.54) is 12.1 Å². The molecule has 2 unspecified atom stereocenters. The summed E-state index contributed by atoms with van der Waals surface area (Å²) in [7, 11) is 0. The Hall–Kier alpha value is -1.84. The normalized spacial score (nSPS) is 13.4. The third kappa shape index (κ3) is 7.83. The van der Waals surface area contributed by atoms with E-state index in [1.54, 1.807) is 12.1 Å². The van der Waals surface area contributed by atoms with Crippen LogP contribution in [0.25, 0.3) is 0 Å². The Morgan fingerprint density at radius 3 is 2.62 bits per heavy atom. The first kappa shape index (κ1) is 25.2. The Morgan fingerprint density at radius 2 is 2.03 bits per heavy atom. The van der Waals surface area contributed by atoms with Gasteiger partial charge in [-0.2, -0.15) is 0 Å². The number of benzene rings is 1. The molecule has 6 nitrogen and oxygen atoms in total. The molecule has 1 aromatic heterocycles. The van der Waals surface area contributed by atoms with Gasteiger partial charge in [-0.05, 0) is 39.3 Å². The molecule has 0 fully saturated rings. The van der Waals surface area contributed by atoms with Crippen LogP contribution in [0.2, 0.25) is 0 Å². The number of ether oxygens (including phenoxy) is 1. The molecular formula is C21H32FIN4O2. The van der Waals surface area contributed by atoms with Crippen molar-refractivity contribution in [3.8, 4) is 5.75 Å². The fraction of sp³-hybridized carbons (Fsp3) is 0.524. The van der Waals surface area contributed by atoms with Gasteiger partial charge in [0.05, 0.1) is 12.2 Å². The quantitative estimate of drug-likeness (QED) is 0.289. The summed E-state index contributed by atoms with van der Waals surface area (Å²) in [5.41, 5.74) is 2.02. The molecule has 0 bridgehead atoms. The molecule has 2 aromatic rings. The number of aliphatic imine (C=N–C) groups is 1. The maximum absolute atomic E-state index is 13.3. The molecule has 2 rings (SSSR count). The van der Waals surface area contributed by atoms with Crippen LogP contribution in [-0.4, -0.2) is 36.9 Å². The molecule has 0 spiro atoms. The minimum atomic E-state index is -0.302. The van der Waals surface area contributed by atoms with Crippen molar-refractivity contribution in [2.24, 2.45) is 4.99 Å². The Morgan fingerprint density at radius 1 is 1.28 bits per heavy atom. The number of guanidine groups is 1. The lowest BCUT2D eigenvalue weighted by Crippen LogP contribution is -2.42. The van der Waals surface area contributed by atoms with Crippen molar-refractivity contribution >= 4 is 29.9 Å². The van der Waals surface area contributed by atoms with E-state index in [0.29, 0.717) is 18.8 Å². The Kier molecular flexibility index (Phi) is 11.0. The summed E-state index contributed by atoms with van der Waals surface area (Å²) in [4.78, 5) is 4.69. The molecule has 0 amide bonds. The van der Waals surface area contributed by atoms with E-state index in [0.717, 1.165) is 35.9 Å². The van der Waals surface area contributed by atoms with E-state index in [1.807, 2.05) is 27.7 Å². The van der Waals surface area contributed by atoms with Crippen molar-refractivity contribution in [2.75, 3.05) is 19.6 Å². The van der Waals surface area contributed by atoms with E-state index in [-0.39, 0.29) is 41.8 Å². The zero-order valence-corrected chi connectivity index (χ0v) is 20.1. The monoisotopic (exact) mass is 518 g/mol. The molecule has 1 aromatic carbocycles. The summed E-state index contributed by atoms with van der Waals surface area (Å²) >= 11 is 0. The van der Waals surface area contributed by atoms with Crippen LogP contribution in [0.5, 0.6) is 5.75 Å².